The third-order valence-corrected chi connectivity index (χ3v) is 3.69. The number of fused-ring (bicyclic) bond motifs is 1. The molecule has 1 atom stereocenters. The van der Waals surface area contributed by atoms with Crippen molar-refractivity contribution in [3.8, 4) is 0 Å². The fourth-order valence-electron chi connectivity index (χ4n) is 2.47. The van der Waals surface area contributed by atoms with Gasteiger partial charge in [-0.3, -0.25) is 4.79 Å². The third kappa shape index (κ3) is 4.22. The predicted octanol–water partition coefficient (Wildman–Crippen LogP) is 2.31. The summed E-state index contributed by atoms with van der Waals surface area (Å²) in [6.45, 7) is 3.56. The summed E-state index contributed by atoms with van der Waals surface area (Å²) in [6.07, 6.45) is 3.57. The zero-order chi connectivity index (χ0) is 13.7. The van der Waals surface area contributed by atoms with E-state index in [-0.39, 0.29) is 5.91 Å². The van der Waals surface area contributed by atoms with E-state index in [0.29, 0.717) is 12.5 Å². The van der Waals surface area contributed by atoms with Crippen molar-refractivity contribution < 1.29 is 4.79 Å². The Morgan fingerprint density at radius 1 is 1.32 bits per heavy atom. The van der Waals surface area contributed by atoms with Gasteiger partial charge in [0, 0.05) is 30.6 Å². The van der Waals surface area contributed by atoms with Crippen LogP contribution in [0.1, 0.15) is 30.9 Å². The first kappa shape index (κ1) is 14.4. The van der Waals surface area contributed by atoms with E-state index in [0.717, 1.165) is 37.4 Å². The summed E-state index contributed by atoms with van der Waals surface area (Å²) in [5.41, 5.74) is 2.71. The number of nitrogens with one attached hydrogen (secondary N) is 2. The summed E-state index contributed by atoms with van der Waals surface area (Å²) >= 11 is 5.99. The highest BCUT2D eigenvalue weighted by Gasteiger charge is 2.20. The average molecular weight is 281 g/mol. The number of carbonyl (C=O) groups excluding carboxylic acids is 1. The van der Waals surface area contributed by atoms with Gasteiger partial charge in [0.1, 0.15) is 0 Å². The lowest BCUT2D eigenvalue weighted by Gasteiger charge is -2.11. The largest absolute Gasteiger partial charge is 0.356 e. The van der Waals surface area contributed by atoms with Crippen LogP contribution in [0.25, 0.3) is 0 Å². The Kier molecular flexibility index (Phi) is 5.23. The summed E-state index contributed by atoms with van der Waals surface area (Å²) < 4.78 is 0. The number of halogens is 1. The Morgan fingerprint density at radius 3 is 2.89 bits per heavy atom. The van der Waals surface area contributed by atoms with Crippen molar-refractivity contribution in [1.82, 2.24) is 10.6 Å². The van der Waals surface area contributed by atoms with Crippen molar-refractivity contribution in [2.75, 3.05) is 13.1 Å². The van der Waals surface area contributed by atoms with Gasteiger partial charge in [-0.05, 0) is 42.5 Å². The van der Waals surface area contributed by atoms with Gasteiger partial charge >= 0.3 is 0 Å². The quantitative estimate of drug-likeness (QED) is 0.840. The number of amides is 1. The highest BCUT2D eigenvalue weighted by molar-refractivity contribution is 6.30. The van der Waals surface area contributed by atoms with Crippen LogP contribution in [0.5, 0.6) is 0 Å². The molecule has 3 nitrogen and oxygen atoms in total. The van der Waals surface area contributed by atoms with Gasteiger partial charge in [-0.15, -0.1) is 0 Å². The molecule has 1 unspecified atom stereocenters. The number of hydrogen-bond donors (Lipinski definition) is 2. The lowest BCUT2D eigenvalue weighted by atomic mass is 10.1. The molecule has 0 aromatic heterocycles. The number of hydrogen-bond acceptors (Lipinski definition) is 2. The Balaban J connectivity index is 1.71. The molecule has 0 saturated carbocycles. The molecule has 1 aromatic carbocycles. The van der Waals surface area contributed by atoms with Gasteiger partial charge in [0.25, 0.3) is 0 Å². The van der Waals surface area contributed by atoms with Crippen molar-refractivity contribution in [2.24, 2.45) is 0 Å². The smallest absolute Gasteiger partial charge is 0.221 e. The van der Waals surface area contributed by atoms with E-state index in [1.165, 1.54) is 11.1 Å². The van der Waals surface area contributed by atoms with E-state index in [9.17, 15) is 4.79 Å². The third-order valence-electron chi connectivity index (χ3n) is 3.46. The van der Waals surface area contributed by atoms with Gasteiger partial charge in [0.2, 0.25) is 5.91 Å². The zero-order valence-corrected chi connectivity index (χ0v) is 12.1. The fourth-order valence-corrected chi connectivity index (χ4v) is 2.67. The summed E-state index contributed by atoms with van der Waals surface area (Å²) in [7, 11) is 0. The first-order valence-corrected chi connectivity index (χ1v) is 7.34. The Labute approximate surface area is 119 Å². The minimum Gasteiger partial charge on any atom is -0.356 e. The molecule has 1 amide bonds. The molecule has 0 bridgehead atoms. The van der Waals surface area contributed by atoms with Crippen LogP contribution in [-0.4, -0.2) is 25.0 Å². The first-order chi connectivity index (χ1) is 9.19. The molecule has 19 heavy (non-hydrogen) atoms. The van der Waals surface area contributed by atoms with E-state index in [1.807, 2.05) is 12.1 Å². The van der Waals surface area contributed by atoms with Crippen LogP contribution in [0.3, 0.4) is 0 Å². The number of benzene rings is 1. The van der Waals surface area contributed by atoms with Crippen molar-refractivity contribution in [3.63, 3.8) is 0 Å². The minimum atomic E-state index is 0.132. The Bertz CT molecular complexity index is 448. The number of carbonyl (C=O) groups is 1. The molecule has 4 heteroatoms. The molecular weight excluding hydrogens is 260 g/mol. The molecule has 0 spiro atoms. The molecule has 0 aliphatic heterocycles. The van der Waals surface area contributed by atoms with E-state index in [4.69, 9.17) is 11.6 Å². The Hall–Kier alpha value is -1.06. The minimum absolute atomic E-state index is 0.132. The van der Waals surface area contributed by atoms with Crippen molar-refractivity contribution in [1.29, 1.82) is 0 Å². The van der Waals surface area contributed by atoms with E-state index >= 15 is 0 Å². The molecule has 2 rings (SSSR count). The first-order valence-electron chi connectivity index (χ1n) is 6.96. The van der Waals surface area contributed by atoms with Crippen LogP contribution in [0.4, 0.5) is 0 Å². The van der Waals surface area contributed by atoms with E-state index in [1.54, 1.807) is 0 Å². The van der Waals surface area contributed by atoms with E-state index < -0.39 is 0 Å². The predicted molar refractivity (Wildman–Crippen MR) is 78.6 cm³/mol. The van der Waals surface area contributed by atoms with Gasteiger partial charge in [0.05, 0.1) is 0 Å². The van der Waals surface area contributed by atoms with Crippen LogP contribution in [-0.2, 0) is 17.6 Å². The molecule has 0 fully saturated rings. The van der Waals surface area contributed by atoms with Crippen LogP contribution in [0, 0.1) is 0 Å². The zero-order valence-electron chi connectivity index (χ0n) is 11.3. The van der Waals surface area contributed by atoms with E-state index in [2.05, 4.69) is 23.6 Å². The molecule has 1 aliphatic carbocycles. The maximum absolute atomic E-state index is 11.5. The molecule has 0 saturated heterocycles. The molecule has 1 aromatic rings. The summed E-state index contributed by atoms with van der Waals surface area (Å²) in [5.74, 6) is 0.132. The second kappa shape index (κ2) is 6.92. The second-order valence-electron chi connectivity index (χ2n) is 5.07. The summed E-state index contributed by atoms with van der Waals surface area (Å²) in [5, 5.41) is 7.14. The topological polar surface area (TPSA) is 41.1 Å². The SMILES string of the molecule is CCCNC(=O)CCNC1Cc2ccc(Cl)cc2C1. The average Bonchev–Trinajstić information content (AvgIpc) is 2.78. The van der Waals surface area contributed by atoms with Crippen LogP contribution in [0.2, 0.25) is 5.02 Å². The van der Waals surface area contributed by atoms with Gasteiger partial charge in [-0.2, -0.15) is 0 Å². The second-order valence-corrected chi connectivity index (χ2v) is 5.51. The van der Waals surface area contributed by atoms with Crippen molar-refractivity contribution >= 4 is 17.5 Å². The van der Waals surface area contributed by atoms with Gasteiger partial charge in [-0.25, -0.2) is 0 Å². The number of rotatable bonds is 6. The van der Waals surface area contributed by atoms with Gasteiger partial charge in [-0.1, -0.05) is 24.6 Å². The highest BCUT2D eigenvalue weighted by atomic mass is 35.5. The van der Waals surface area contributed by atoms with Crippen LogP contribution in [0.15, 0.2) is 18.2 Å². The molecule has 2 N–H and O–H groups in total. The standard InChI is InChI=1S/C15H21ClN2O/c1-2-6-18-15(19)5-7-17-14-9-11-3-4-13(16)8-12(11)10-14/h3-4,8,14,17H,2,5-7,9-10H2,1H3,(H,18,19). The Morgan fingerprint density at radius 2 is 2.11 bits per heavy atom. The molecule has 1 aliphatic rings. The lowest BCUT2D eigenvalue weighted by Crippen LogP contribution is -2.34. The molecule has 104 valence electrons. The molecule has 0 radical (unpaired) electrons. The van der Waals surface area contributed by atoms with Gasteiger partial charge < -0.3 is 10.6 Å². The monoisotopic (exact) mass is 280 g/mol. The molecular formula is C15H21ClN2O. The van der Waals surface area contributed by atoms with Gasteiger partial charge in [0.15, 0.2) is 0 Å². The molecule has 0 heterocycles. The van der Waals surface area contributed by atoms with Crippen molar-refractivity contribution in [3.05, 3.63) is 34.3 Å². The summed E-state index contributed by atoms with van der Waals surface area (Å²) in [4.78, 5) is 11.5. The normalized spacial score (nSPS) is 17.3. The lowest BCUT2D eigenvalue weighted by molar-refractivity contribution is -0.121. The highest BCUT2D eigenvalue weighted by Crippen LogP contribution is 2.25. The van der Waals surface area contributed by atoms with Crippen LogP contribution >= 0.6 is 11.6 Å². The maximum atomic E-state index is 11.5. The maximum Gasteiger partial charge on any atom is 0.221 e. The summed E-state index contributed by atoms with van der Waals surface area (Å²) in [6, 6.07) is 6.54. The van der Waals surface area contributed by atoms with Crippen LogP contribution < -0.4 is 10.6 Å². The fraction of sp³-hybridized carbons (Fsp3) is 0.533. The van der Waals surface area contributed by atoms with Crippen molar-refractivity contribution in [2.45, 2.75) is 38.6 Å².